The fourth-order valence-corrected chi connectivity index (χ4v) is 13.0. The van der Waals surface area contributed by atoms with Crippen LogP contribution < -0.4 is 0 Å². The molecule has 0 aliphatic heterocycles. The van der Waals surface area contributed by atoms with Crippen molar-refractivity contribution in [2.75, 3.05) is 6.61 Å². The summed E-state index contributed by atoms with van der Waals surface area (Å²) in [6.07, 6.45) is 9.74. The minimum Gasteiger partial charge on any atom is -0.376 e. The Balaban J connectivity index is 1.44. The molecule has 0 saturated heterocycles. The molecule has 0 fully saturated rings. The molecule has 0 heterocycles. The van der Waals surface area contributed by atoms with E-state index in [0.29, 0.717) is 0 Å². The Labute approximate surface area is 273 Å². The second-order valence-electron chi connectivity index (χ2n) is 14.1. The number of fused-ring (bicyclic) bond motifs is 2. The van der Waals surface area contributed by atoms with Crippen molar-refractivity contribution in [3.05, 3.63) is 143 Å². The van der Waals surface area contributed by atoms with Crippen molar-refractivity contribution >= 4 is 18.5 Å². The quantitative estimate of drug-likeness (QED) is 0.122. The largest absolute Gasteiger partial charge is 0.376 e. The summed E-state index contributed by atoms with van der Waals surface area (Å²) in [6.45, 7) is 14.7. The van der Waals surface area contributed by atoms with Gasteiger partial charge in [-0.1, -0.05) is 134 Å². The number of hydrogen-bond donors (Lipinski definition) is 0. The molecular formula is C43H48OSi. The van der Waals surface area contributed by atoms with Gasteiger partial charge in [-0.2, -0.15) is 0 Å². The van der Waals surface area contributed by atoms with E-state index in [1.165, 1.54) is 81.0 Å². The molecule has 0 aromatic heterocycles. The zero-order valence-corrected chi connectivity index (χ0v) is 29.0. The monoisotopic (exact) mass is 608 g/mol. The van der Waals surface area contributed by atoms with E-state index < -0.39 is 8.07 Å². The highest BCUT2D eigenvalue weighted by molar-refractivity contribution is 7.10. The van der Waals surface area contributed by atoms with Crippen molar-refractivity contribution in [1.29, 1.82) is 0 Å². The van der Waals surface area contributed by atoms with Crippen LogP contribution in [0.1, 0.15) is 82.6 Å². The second-order valence-corrected chi connectivity index (χ2v) is 18.3. The summed E-state index contributed by atoms with van der Waals surface area (Å²) < 4.78 is 6.04. The molecule has 2 heteroatoms. The summed E-state index contributed by atoms with van der Waals surface area (Å²) in [4.78, 5) is 0. The molecule has 45 heavy (non-hydrogen) atoms. The molecule has 6 rings (SSSR count). The number of rotatable bonds is 11. The third kappa shape index (κ3) is 6.46. The Morgan fingerprint density at radius 1 is 0.556 bits per heavy atom. The van der Waals surface area contributed by atoms with Crippen LogP contribution in [0.25, 0.3) is 32.6 Å². The third-order valence-corrected chi connectivity index (χ3v) is 14.5. The maximum atomic E-state index is 6.04. The van der Waals surface area contributed by atoms with Gasteiger partial charge in [0.15, 0.2) is 0 Å². The highest BCUT2D eigenvalue weighted by Crippen LogP contribution is 2.55. The molecule has 230 valence electrons. The van der Waals surface area contributed by atoms with Crippen molar-refractivity contribution in [2.45, 2.75) is 78.5 Å². The lowest BCUT2D eigenvalue weighted by Gasteiger charge is -2.36. The number of unbranched alkanes of at least 4 members (excludes halogenated alkanes) is 3. The molecule has 0 unspecified atom stereocenters. The predicted molar refractivity (Wildman–Crippen MR) is 196 cm³/mol. The molecule has 2 radical (unpaired) electrons. The summed E-state index contributed by atoms with van der Waals surface area (Å²) in [6, 6.07) is 37.1. The summed E-state index contributed by atoms with van der Waals surface area (Å²) in [7, 11) is -2.27. The van der Waals surface area contributed by atoms with E-state index >= 15 is 0 Å². The summed E-state index contributed by atoms with van der Waals surface area (Å²) in [5, 5.41) is 3.26. The highest BCUT2D eigenvalue weighted by atomic mass is 28.3. The van der Waals surface area contributed by atoms with Gasteiger partial charge >= 0.3 is 0 Å². The van der Waals surface area contributed by atoms with E-state index in [2.05, 4.69) is 151 Å². The maximum Gasteiger partial charge on any atom is 0.116 e. The van der Waals surface area contributed by atoms with Crippen LogP contribution in [0.15, 0.2) is 108 Å². The molecule has 2 aliphatic carbocycles. The van der Waals surface area contributed by atoms with E-state index in [1.807, 2.05) is 0 Å². The molecule has 0 atom stereocenters. The maximum absolute atomic E-state index is 6.04. The normalized spacial score (nSPS) is 14.7. The number of allylic oxidation sites excluding steroid dienone is 2. The molecule has 0 amide bonds. The summed E-state index contributed by atoms with van der Waals surface area (Å²) in [5.41, 5.74) is 13.9. The van der Waals surface area contributed by atoms with Crippen LogP contribution in [-0.2, 0) is 4.74 Å². The SMILES string of the molecule is CC1=C([Si](C)(CCCCCCOC(C)(C)C)C2=C(C)[CH]c3cccc(-c4ccccc4)c32)c2c(cccc2-c2ccccc2)[CH]1. The van der Waals surface area contributed by atoms with Gasteiger partial charge in [0.1, 0.15) is 8.07 Å². The van der Waals surface area contributed by atoms with E-state index in [1.54, 1.807) is 10.4 Å². The minimum atomic E-state index is -2.27. The predicted octanol–water partition coefficient (Wildman–Crippen LogP) is 11.9. The molecular weight excluding hydrogens is 561 g/mol. The van der Waals surface area contributed by atoms with Gasteiger partial charge in [0.25, 0.3) is 0 Å². The minimum absolute atomic E-state index is 0.0643. The number of benzene rings is 4. The molecule has 0 spiro atoms. The number of ether oxygens (including phenoxy) is 1. The first kappa shape index (κ1) is 31.5. The van der Waals surface area contributed by atoms with Gasteiger partial charge in [-0.25, -0.2) is 0 Å². The van der Waals surface area contributed by atoms with E-state index in [-0.39, 0.29) is 5.60 Å². The van der Waals surface area contributed by atoms with Crippen molar-refractivity contribution < 1.29 is 4.74 Å². The Morgan fingerprint density at radius 3 is 1.49 bits per heavy atom. The van der Waals surface area contributed by atoms with Crippen molar-refractivity contribution in [3.8, 4) is 22.3 Å². The fourth-order valence-electron chi connectivity index (χ4n) is 7.77. The summed E-state index contributed by atoms with van der Waals surface area (Å²) >= 11 is 0. The zero-order valence-electron chi connectivity index (χ0n) is 28.0. The Morgan fingerprint density at radius 2 is 1.02 bits per heavy atom. The standard InChI is InChI=1S/C43H48OSi/c1-31-29-35-23-17-25-37(33-19-11-9-12-20-33)39(35)41(31)45(6,28-16-8-7-15-27-44-43(3,4)5)42-32(2)30-36-24-18-26-38(40(36)42)34-21-13-10-14-22-34/h9-14,17-26,29-30H,7-8,15-16,27-28H2,1-6H3. The fraction of sp³-hybridized carbons (Fsp3) is 0.302. The smallest absolute Gasteiger partial charge is 0.116 e. The molecule has 0 N–H and O–H groups in total. The second kappa shape index (κ2) is 13.1. The van der Waals surface area contributed by atoms with Crippen LogP contribution in [0, 0.1) is 12.8 Å². The van der Waals surface area contributed by atoms with Crippen LogP contribution in [0.4, 0.5) is 0 Å². The molecule has 4 aromatic rings. The van der Waals surface area contributed by atoms with Crippen LogP contribution >= 0.6 is 0 Å². The van der Waals surface area contributed by atoms with Crippen LogP contribution in [-0.4, -0.2) is 20.3 Å². The van der Waals surface area contributed by atoms with E-state index in [0.717, 1.165) is 13.0 Å². The molecule has 0 saturated carbocycles. The van der Waals surface area contributed by atoms with Crippen LogP contribution in [0.3, 0.4) is 0 Å². The average Bonchev–Trinajstić information content (AvgIpc) is 3.56. The first-order chi connectivity index (χ1) is 21.7. The molecule has 0 bridgehead atoms. The van der Waals surface area contributed by atoms with Gasteiger partial charge in [0.05, 0.1) is 5.60 Å². The van der Waals surface area contributed by atoms with E-state index in [4.69, 9.17) is 4.74 Å². The van der Waals surface area contributed by atoms with E-state index in [9.17, 15) is 0 Å². The van der Waals surface area contributed by atoms with Crippen LogP contribution in [0.2, 0.25) is 12.6 Å². The Bertz CT molecular complexity index is 1610. The molecule has 2 aliphatic rings. The van der Waals surface area contributed by atoms with Gasteiger partial charge in [-0.05, 0) is 102 Å². The van der Waals surface area contributed by atoms with Crippen molar-refractivity contribution in [3.63, 3.8) is 0 Å². The van der Waals surface area contributed by atoms with Gasteiger partial charge in [-0.3, -0.25) is 0 Å². The topological polar surface area (TPSA) is 9.23 Å². The molecule has 1 nitrogen and oxygen atoms in total. The Kier molecular flexibility index (Phi) is 9.18. The first-order valence-corrected chi connectivity index (χ1v) is 19.5. The average molecular weight is 609 g/mol. The van der Waals surface area contributed by atoms with Gasteiger partial charge in [0.2, 0.25) is 0 Å². The van der Waals surface area contributed by atoms with Crippen LogP contribution in [0.5, 0.6) is 0 Å². The summed E-state index contributed by atoms with van der Waals surface area (Å²) in [5.74, 6) is 0. The number of hydrogen-bond acceptors (Lipinski definition) is 1. The zero-order chi connectivity index (χ0) is 31.6. The lowest BCUT2D eigenvalue weighted by molar-refractivity contribution is -0.00471. The first-order valence-electron chi connectivity index (χ1n) is 16.8. The third-order valence-electron chi connectivity index (χ3n) is 9.61. The lowest BCUT2D eigenvalue weighted by Crippen LogP contribution is -2.35. The molecule has 4 aromatic carbocycles. The Hall–Kier alpha value is -3.46. The highest BCUT2D eigenvalue weighted by Gasteiger charge is 2.45. The van der Waals surface area contributed by atoms with Crippen molar-refractivity contribution in [2.24, 2.45) is 0 Å². The van der Waals surface area contributed by atoms with Gasteiger partial charge < -0.3 is 4.74 Å². The van der Waals surface area contributed by atoms with Gasteiger partial charge in [0, 0.05) is 19.4 Å². The van der Waals surface area contributed by atoms with Crippen molar-refractivity contribution in [1.82, 2.24) is 0 Å². The van der Waals surface area contributed by atoms with Gasteiger partial charge in [-0.15, -0.1) is 0 Å². The lowest BCUT2D eigenvalue weighted by atomic mass is 9.97.